The number of aliphatic hydroxyl groups is 1. The number of halogens is 4. The summed E-state index contributed by atoms with van der Waals surface area (Å²) >= 11 is 25.8. The lowest BCUT2D eigenvalue weighted by atomic mass is 9.84. The summed E-state index contributed by atoms with van der Waals surface area (Å²) in [6.07, 6.45) is 0. The molecule has 2 unspecified atom stereocenters. The van der Waals surface area contributed by atoms with E-state index < -0.39 is 21.5 Å². The molecule has 4 atom stereocenters. The molecule has 0 amide bonds. The van der Waals surface area contributed by atoms with Gasteiger partial charge in [0.15, 0.2) is 0 Å². The average molecular weight is 336 g/mol. The Morgan fingerprint density at radius 3 is 1.89 bits per heavy atom. The van der Waals surface area contributed by atoms with Gasteiger partial charge in [0.1, 0.15) is 9.75 Å². The van der Waals surface area contributed by atoms with Gasteiger partial charge >= 0.3 is 0 Å². The van der Waals surface area contributed by atoms with Gasteiger partial charge in [-0.3, -0.25) is 0 Å². The van der Waals surface area contributed by atoms with Crippen LogP contribution >= 0.6 is 46.4 Å². The number of hydrogen-bond acceptors (Lipinski definition) is 3. The fourth-order valence-electron chi connectivity index (χ4n) is 3.36. The molecule has 104 valence electrons. The second-order valence-electron chi connectivity index (χ2n) is 4.65. The molecule has 0 aliphatic heterocycles. The van der Waals surface area contributed by atoms with E-state index in [1.165, 1.54) is 14.2 Å². The molecule has 2 rings (SSSR count). The van der Waals surface area contributed by atoms with E-state index >= 15 is 0 Å². The Kier molecular flexibility index (Phi) is 3.70. The van der Waals surface area contributed by atoms with Crippen molar-refractivity contribution >= 4 is 46.4 Å². The summed E-state index contributed by atoms with van der Waals surface area (Å²) in [6.45, 7) is 1.66. The monoisotopic (exact) mass is 334 g/mol. The summed E-state index contributed by atoms with van der Waals surface area (Å²) in [5.74, 6) is -2.06. The van der Waals surface area contributed by atoms with E-state index in [2.05, 4.69) is 0 Å². The van der Waals surface area contributed by atoms with Gasteiger partial charge in [0.25, 0.3) is 0 Å². The van der Waals surface area contributed by atoms with E-state index in [0.29, 0.717) is 0 Å². The molecule has 0 heterocycles. The van der Waals surface area contributed by atoms with Crippen molar-refractivity contribution in [3.05, 3.63) is 10.1 Å². The number of hydrogen-bond donors (Lipinski definition) is 1. The highest BCUT2D eigenvalue weighted by molar-refractivity contribution is 6.52. The Morgan fingerprint density at radius 2 is 1.56 bits per heavy atom. The minimum atomic E-state index is -1.40. The number of ether oxygens (including phenoxy) is 2. The van der Waals surface area contributed by atoms with Crippen molar-refractivity contribution in [1.82, 2.24) is 0 Å². The van der Waals surface area contributed by atoms with Crippen LogP contribution < -0.4 is 0 Å². The molecule has 1 saturated carbocycles. The molecular formula is C11H14Cl4O3. The topological polar surface area (TPSA) is 38.7 Å². The first-order chi connectivity index (χ1) is 8.29. The van der Waals surface area contributed by atoms with Crippen LogP contribution in [0.4, 0.5) is 0 Å². The molecule has 0 aromatic carbocycles. The summed E-state index contributed by atoms with van der Waals surface area (Å²) in [4.78, 5) is -2.49. The number of aliphatic hydroxyl groups excluding tert-OH is 1. The van der Waals surface area contributed by atoms with Crippen LogP contribution in [0, 0.1) is 11.8 Å². The maximum absolute atomic E-state index is 9.59. The molecule has 3 nitrogen and oxygen atoms in total. The molecule has 0 radical (unpaired) electrons. The number of fused-ring (bicyclic) bond motifs is 2. The third kappa shape index (κ3) is 1.21. The van der Waals surface area contributed by atoms with Crippen molar-refractivity contribution in [3.8, 4) is 0 Å². The van der Waals surface area contributed by atoms with Crippen molar-refractivity contribution in [2.24, 2.45) is 11.8 Å². The molecule has 7 heteroatoms. The second kappa shape index (κ2) is 4.39. The third-order valence-electron chi connectivity index (χ3n) is 4.30. The predicted molar refractivity (Wildman–Crippen MR) is 72.4 cm³/mol. The predicted octanol–water partition coefficient (Wildman–Crippen LogP) is 2.89. The molecule has 2 aliphatic carbocycles. The minimum Gasteiger partial charge on any atom is -0.396 e. The largest absolute Gasteiger partial charge is 0.396 e. The van der Waals surface area contributed by atoms with E-state index in [0.717, 1.165) is 0 Å². The first-order valence-corrected chi connectivity index (χ1v) is 6.96. The fraction of sp³-hybridized carbons (Fsp3) is 0.818. The molecule has 0 saturated heterocycles. The van der Waals surface area contributed by atoms with E-state index in [-0.39, 0.29) is 22.6 Å². The average Bonchev–Trinajstić information content (AvgIpc) is 2.59. The second-order valence-corrected chi connectivity index (χ2v) is 6.60. The van der Waals surface area contributed by atoms with Crippen LogP contribution in [-0.4, -0.2) is 41.5 Å². The highest BCUT2D eigenvalue weighted by atomic mass is 35.5. The lowest BCUT2D eigenvalue weighted by Gasteiger charge is -2.41. The van der Waals surface area contributed by atoms with Crippen molar-refractivity contribution in [2.45, 2.75) is 22.5 Å². The van der Waals surface area contributed by atoms with Gasteiger partial charge in [-0.1, -0.05) is 30.1 Å². The SMILES string of the molecule is COC1(OC)C2(Cl)C(Cl)=C(Cl)C1(Cl)[C@@H](CO)[C@@H]2C. The number of alkyl halides is 2. The lowest BCUT2D eigenvalue weighted by molar-refractivity contribution is -0.220. The van der Waals surface area contributed by atoms with E-state index in [1.807, 2.05) is 6.92 Å². The molecule has 0 aromatic heterocycles. The van der Waals surface area contributed by atoms with Gasteiger partial charge in [0, 0.05) is 26.7 Å². The Labute approximate surface area is 126 Å². The van der Waals surface area contributed by atoms with Gasteiger partial charge in [-0.2, -0.15) is 0 Å². The van der Waals surface area contributed by atoms with Crippen molar-refractivity contribution < 1.29 is 14.6 Å². The van der Waals surface area contributed by atoms with E-state index in [1.54, 1.807) is 0 Å². The van der Waals surface area contributed by atoms with E-state index in [9.17, 15) is 5.11 Å². The normalized spacial score (nSPS) is 46.0. The molecule has 1 fully saturated rings. The van der Waals surface area contributed by atoms with Gasteiger partial charge in [0.05, 0.1) is 10.1 Å². The molecule has 2 bridgehead atoms. The summed E-state index contributed by atoms with van der Waals surface area (Å²) < 4.78 is 11.0. The number of rotatable bonds is 3. The van der Waals surface area contributed by atoms with E-state index in [4.69, 9.17) is 55.9 Å². The van der Waals surface area contributed by atoms with Crippen LogP contribution in [0.1, 0.15) is 6.92 Å². The molecule has 18 heavy (non-hydrogen) atoms. The van der Waals surface area contributed by atoms with Gasteiger partial charge in [-0.25, -0.2) is 0 Å². The fourth-order valence-corrected chi connectivity index (χ4v) is 5.57. The summed E-state index contributed by atoms with van der Waals surface area (Å²) in [7, 11) is 2.87. The highest BCUT2D eigenvalue weighted by Crippen LogP contribution is 2.73. The van der Waals surface area contributed by atoms with Gasteiger partial charge < -0.3 is 14.6 Å². The zero-order chi connectivity index (χ0) is 13.9. The first-order valence-electron chi connectivity index (χ1n) is 5.44. The smallest absolute Gasteiger partial charge is 0.217 e. The summed E-state index contributed by atoms with van der Waals surface area (Å²) in [5, 5.41) is 9.99. The van der Waals surface area contributed by atoms with Crippen LogP contribution in [0.15, 0.2) is 10.1 Å². The van der Waals surface area contributed by atoms with Crippen LogP contribution in [0.2, 0.25) is 0 Å². The van der Waals surface area contributed by atoms with Crippen molar-refractivity contribution in [2.75, 3.05) is 20.8 Å². The third-order valence-corrected chi connectivity index (χ3v) is 7.07. The van der Waals surface area contributed by atoms with Gasteiger partial charge in [0.2, 0.25) is 5.79 Å². The standard InChI is InChI=1S/C11H14Cl4O3/c1-5-6(4-16)10(15)8(13)7(12)9(5,14)11(10,17-2)18-3/h5-6,16H,4H2,1-3H3/t5-,6-,9?,10?/m0/s1. The van der Waals surface area contributed by atoms with Crippen molar-refractivity contribution in [3.63, 3.8) is 0 Å². The maximum Gasteiger partial charge on any atom is 0.217 e. The zero-order valence-corrected chi connectivity index (χ0v) is 13.2. The summed E-state index contributed by atoms with van der Waals surface area (Å²) in [5.41, 5.74) is 0. The zero-order valence-electron chi connectivity index (χ0n) is 10.1. The highest BCUT2D eigenvalue weighted by Gasteiger charge is 2.83. The minimum absolute atomic E-state index is 0.182. The Balaban J connectivity index is 2.76. The van der Waals surface area contributed by atoms with Crippen LogP contribution in [0.3, 0.4) is 0 Å². The van der Waals surface area contributed by atoms with Crippen LogP contribution in [0.5, 0.6) is 0 Å². The van der Waals surface area contributed by atoms with Crippen LogP contribution in [0.25, 0.3) is 0 Å². The van der Waals surface area contributed by atoms with Crippen LogP contribution in [-0.2, 0) is 9.47 Å². The Morgan fingerprint density at radius 1 is 1.11 bits per heavy atom. The lowest BCUT2D eigenvalue weighted by Crippen LogP contribution is -2.57. The van der Waals surface area contributed by atoms with Crippen molar-refractivity contribution in [1.29, 1.82) is 0 Å². The molecule has 0 spiro atoms. The first kappa shape index (κ1) is 15.2. The quantitative estimate of drug-likeness (QED) is 0.636. The molecular weight excluding hydrogens is 322 g/mol. The summed E-state index contributed by atoms with van der Waals surface area (Å²) in [6, 6.07) is 0. The Bertz CT molecular complexity index is 409. The molecule has 0 aromatic rings. The molecule has 1 N–H and O–H groups in total. The number of methoxy groups -OCH3 is 2. The van der Waals surface area contributed by atoms with Gasteiger partial charge in [-0.15, -0.1) is 23.2 Å². The van der Waals surface area contributed by atoms with Gasteiger partial charge in [-0.05, 0) is 5.92 Å². The maximum atomic E-state index is 9.59. The molecule has 2 aliphatic rings. The Hall–Kier alpha value is 0.780.